The van der Waals surface area contributed by atoms with Crippen molar-refractivity contribution < 1.29 is 9.47 Å². The minimum absolute atomic E-state index is 0.498. The molecule has 1 aliphatic heterocycles. The van der Waals surface area contributed by atoms with Gasteiger partial charge in [-0.3, -0.25) is 0 Å². The summed E-state index contributed by atoms with van der Waals surface area (Å²) in [6, 6.07) is 6.66. The fourth-order valence-electron chi connectivity index (χ4n) is 3.90. The lowest BCUT2D eigenvalue weighted by Gasteiger charge is -2.27. The van der Waals surface area contributed by atoms with Gasteiger partial charge in [0.1, 0.15) is 13.2 Å². The summed E-state index contributed by atoms with van der Waals surface area (Å²) in [4.78, 5) is 0. The molecule has 1 aromatic carbocycles. The maximum atomic E-state index is 5.64. The molecule has 3 nitrogen and oxygen atoms in total. The maximum Gasteiger partial charge on any atom is 0.163 e. The molecule has 4 rings (SSSR count). The van der Waals surface area contributed by atoms with E-state index in [1.807, 2.05) is 6.07 Å². The van der Waals surface area contributed by atoms with Crippen LogP contribution in [0.4, 0.5) is 5.69 Å². The molecule has 2 aliphatic carbocycles. The summed E-state index contributed by atoms with van der Waals surface area (Å²) in [6.07, 6.45) is 7.51. The summed E-state index contributed by atoms with van der Waals surface area (Å²) in [5.74, 6) is 4.09. The molecule has 20 heavy (non-hydrogen) atoms. The molecule has 1 saturated carbocycles. The van der Waals surface area contributed by atoms with E-state index in [4.69, 9.17) is 9.47 Å². The molecule has 106 valence electrons. The van der Waals surface area contributed by atoms with Crippen LogP contribution in [0.25, 0.3) is 0 Å². The number of hydrogen-bond acceptors (Lipinski definition) is 3. The molecule has 2 bridgehead atoms. The summed E-state index contributed by atoms with van der Waals surface area (Å²) in [6.45, 7) is 3.59. The fourth-order valence-corrected chi connectivity index (χ4v) is 3.90. The second kappa shape index (κ2) is 4.72. The van der Waals surface area contributed by atoms with E-state index in [9.17, 15) is 0 Å². The van der Waals surface area contributed by atoms with E-state index in [0.717, 1.165) is 34.9 Å². The highest BCUT2D eigenvalue weighted by molar-refractivity contribution is 5.55. The molecule has 0 aromatic heterocycles. The third-order valence-corrected chi connectivity index (χ3v) is 4.91. The van der Waals surface area contributed by atoms with E-state index in [1.165, 1.54) is 12.8 Å². The Bertz CT molecular complexity index is 540. The van der Waals surface area contributed by atoms with Gasteiger partial charge in [0.2, 0.25) is 0 Å². The van der Waals surface area contributed by atoms with Crippen molar-refractivity contribution in [3.63, 3.8) is 0 Å². The molecule has 0 amide bonds. The number of nitrogens with one attached hydrogen (secondary N) is 1. The van der Waals surface area contributed by atoms with E-state index < -0.39 is 0 Å². The van der Waals surface area contributed by atoms with E-state index >= 15 is 0 Å². The van der Waals surface area contributed by atoms with Gasteiger partial charge in [-0.2, -0.15) is 0 Å². The smallest absolute Gasteiger partial charge is 0.163 e. The van der Waals surface area contributed by atoms with E-state index in [2.05, 4.69) is 36.5 Å². The number of allylic oxidation sites excluding steroid dienone is 2. The van der Waals surface area contributed by atoms with Crippen molar-refractivity contribution in [3.05, 3.63) is 30.4 Å². The molecule has 3 heteroatoms. The van der Waals surface area contributed by atoms with Crippen LogP contribution < -0.4 is 14.8 Å². The third-order valence-electron chi connectivity index (χ3n) is 4.91. The van der Waals surface area contributed by atoms with Gasteiger partial charge in [0.05, 0.1) is 0 Å². The molecule has 0 radical (unpaired) electrons. The lowest BCUT2D eigenvalue weighted by atomic mass is 9.87. The zero-order valence-electron chi connectivity index (χ0n) is 11.8. The molecular formula is C17H21NO2. The lowest BCUT2D eigenvalue weighted by Crippen LogP contribution is -2.28. The highest BCUT2D eigenvalue weighted by Crippen LogP contribution is 2.45. The molecule has 1 fully saturated rings. The molecule has 0 spiro atoms. The first-order valence-electron chi connectivity index (χ1n) is 7.64. The van der Waals surface area contributed by atoms with E-state index in [0.29, 0.717) is 19.3 Å². The zero-order chi connectivity index (χ0) is 13.5. The van der Waals surface area contributed by atoms with Crippen molar-refractivity contribution in [1.29, 1.82) is 0 Å². The average molecular weight is 271 g/mol. The average Bonchev–Trinajstić information content (AvgIpc) is 3.10. The minimum atomic E-state index is 0.498. The number of benzene rings is 1. The standard InChI is InChI=1S/C17H21NO2/c1-11(15-9-12-2-3-13(15)8-12)18-14-4-5-16-17(10-14)20-7-6-19-16/h2-5,10-13,15,18H,6-9H2,1H3. The van der Waals surface area contributed by atoms with Crippen LogP contribution >= 0.6 is 0 Å². The Morgan fingerprint density at radius 3 is 2.70 bits per heavy atom. The van der Waals surface area contributed by atoms with Crippen LogP contribution in [0.15, 0.2) is 30.4 Å². The summed E-state index contributed by atoms with van der Waals surface area (Å²) >= 11 is 0. The maximum absolute atomic E-state index is 5.64. The molecule has 3 aliphatic rings. The molecule has 1 heterocycles. The molecule has 1 N–H and O–H groups in total. The number of fused-ring (bicyclic) bond motifs is 3. The Labute approximate surface area is 120 Å². The van der Waals surface area contributed by atoms with Gasteiger partial charge in [-0.05, 0) is 49.7 Å². The van der Waals surface area contributed by atoms with E-state index in [1.54, 1.807) is 0 Å². The molecule has 4 unspecified atom stereocenters. The fraction of sp³-hybridized carbons (Fsp3) is 0.529. The van der Waals surface area contributed by atoms with Crippen LogP contribution in [0.5, 0.6) is 11.5 Å². The van der Waals surface area contributed by atoms with Crippen LogP contribution in [0.3, 0.4) is 0 Å². The van der Waals surface area contributed by atoms with Gasteiger partial charge in [-0.1, -0.05) is 12.2 Å². The summed E-state index contributed by atoms with van der Waals surface area (Å²) in [5.41, 5.74) is 1.13. The third kappa shape index (κ3) is 2.05. The number of anilines is 1. The first-order chi connectivity index (χ1) is 9.79. The summed E-state index contributed by atoms with van der Waals surface area (Å²) < 4.78 is 11.2. The van der Waals surface area contributed by atoms with Gasteiger partial charge < -0.3 is 14.8 Å². The van der Waals surface area contributed by atoms with Crippen molar-refractivity contribution in [2.45, 2.75) is 25.8 Å². The quantitative estimate of drug-likeness (QED) is 0.854. The number of rotatable bonds is 3. The first kappa shape index (κ1) is 12.1. The monoisotopic (exact) mass is 271 g/mol. The van der Waals surface area contributed by atoms with E-state index in [-0.39, 0.29) is 0 Å². The Morgan fingerprint density at radius 1 is 1.10 bits per heavy atom. The van der Waals surface area contributed by atoms with Gasteiger partial charge >= 0.3 is 0 Å². The largest absolute Gasteiger partial charge is 0.486 e. The lowest BCUT2D eigenvalue weighted by molar-refractivity contribution is 0.171. The van der Waals surface area contributed by atoms with Crippen molar-refractivity contribution in [2.24, 2.45) is 17.8 Å². The molecule has 1 aromatic rings. The van der Waals surface area contributed by atoms with Crippen LogP contribution in [0, 0.1) is 17.8 Å². The Morgan fingerprint density at radius 2 is 1.95 bits per heavy atom. The first-order valence-corrected chi connectivity index (χ1v) is 7.64. The second-order valence-corrected chi connectivity index (χ2v) is 6.24. The van der Waals surface area contributed by atoms with Crippen molar-refractivity contribution in [3.8, 4) is 11.5 Å². The van der Waals surface area contributed by atoms with Gasteiger partial charge in [0.25, 0.3) is 0 Å². The normalized spacial score (nSPS) is 31.4. The highest BCUT2D eigenvalue weighted by atomic mass is 16.6. The zero-order valence-corrected chi connectivity index (χ0v) is 11.8. The van der Waals surface area contributed by atoms with Gasteiger partial charge in [-0.25, -0.2) is 0 Å². The van der Waals surface area contributed by atoms with Gasteiger partial charge in [0, 0.05) is 17.8 Å². The summed E-state index contributed by atoms with van der Waals surface area (Å²) in [7, 11) is 0. The van der Waals surface area contributed by atoms with Crippen molar-refractivity contribution in [1.82, 2.24) is 0 Å². The SMILES string of the molecule is CC(Nc1ccc2c(c1)OCCO2)C1CC2C=CC1C2. The Balaban J connectivity index is 1.47. The van der Waals surface area contributed by atoms with Crippen LogP contribution in [0.2, 0.25) is 0 Å². The molecular weight excluding hydrogens is 250 g/mol. The predicted octanol–water partition coefficient (Wildman–Crippen LogP) is 3.47. The summed E-state index contributed by atoms with van der Waals surface area (Å²) in [5, 5.41) is 3.65. The second-order valence-electron chi connectivity index (χ2n) is 6.24. The minimum Gasteiger partial charge on any atom is -0.486 e. The predicted molar refractivity (Wildman–Crippen MR) is 79.4 cm³/mol. The van der Waals surface area contributed by atoms with Crippen LogP contribution in [-0.4, -0.2) is 19.3 Å². The van der Waals surface area contributed by atoms with Crippen molar-refractivity contribution >= 4 is 5.69 Å². The van der Waals surface area contributed by atoms with Crippen LogP contribution in [-0.2, 0) is 0 Å². The Hall–Kier alpha value is -1.64. The Kier molecular flexibility index (Phi) is 2.86. The highest BCUT2D eigenvalue weighted by Gasteiger charge is 2.38. The van der Waals surface area contributed by atoms with Crippen molar-refractivity contribution in [2.75, 3.05) is 18.5 Å². The van der Waals surface area contributed by atoms with Crippen LogP contribution in [0.1, 0.15) is 19.8 Å². The topological polar surface area (TPSA) is 30.5 Å². The number of ether oxygens (including phenoxy) is 2. The number of hydrogen-bond donors (Lipinski definition) is 1. The van der Waals surface area contributed by atoms with Gasteiger partial charge in [0.15, 0.2) is 11.5 Å². The molecule has 4 atom stereocenters. The molecule has 0 saturated heterocycles. The van der Waals surface area contributed by atoms with Gasteiger partial charge in [-0.15, -0.1) is 0 Å².